The van der Waals surface area contributed by atoms with Gasteiger partial charge in [0.05, 0.1) is 11.3 Å². The molecule has 0 aliphatic heterocycles. The summed E-state index contributed by atoms with van der Waals surface area (Å²) in [6, 6.07) is 9.07. The van der Waals surface area contributed by atoms with Gasteiger partial charge in [0.25, 0.3) is 5.91 Å². The second kappa shape index (κ2) is 5.49. The predicted molar refractivity (Wildman–Crippen MR) is 76.0 cm³/mol. The molecule has 0 saturated carbocycles. The number of pyridine rings is 1. The van der Waals surface area contributed by atoms with E-state index < -0.39 is 0 Å². The zero-order chi connectivity index (χ0) is 13.8. The van der Waals surface area contributed by atoms with Crippen molar-refractivity contribution in [1.29, 1.82) is 0 Å². The number of hydrogen-bond donors (Lipinski definition) is 2. The molecule has 0 atom stereocenters. The summed E-state index contributed by atoms with van der Waals surface area (Å²) in [6.07, 6.45) is 3.30. The van der Waals surface area contributed by atoms with Crippen LogP contribution >= 0.6 is 0 Å². The van der Waals surface area contributed by atoms with Crippen LogP contribution in [0.4, 0.5) is 11.4 Å². The molecule has 1 aromatic carbocycles. The number of carbonyl (C=O) groups excluding carboxylic acids is 1. The number of nitrogens with zero attached hydrogens (tertiary/aromatic N) is 2. The van der Waals surface area contributed by atoms with Crippen molar-refractivity contribution in [2.45, 2.75) is 6.92 Å². The number of rotatable bonds is 3. The lowest BCUT2D eigenvalue weighted by atomic mass is 10.1. The fourth-order valence-electron chi connectivity index (χ4n) is 1.83. The van der Waals surface area contributed by atoms with E-state index in [2.05, 4.69) is 10.4 Å². The Bertz CT molecular complexity index is 583. The molecule has 5 heteroatoms. The first-order chi connectivity index (χ1) is 9.13. The average Bonchev–Trinajstić information content (AvgIpc) is 2.46. The van der Waals surface area contributed by atoms with Crippen molar-refractivity contribution in [2.75, 3.05) is 17.4 Å². The van der Waals surface area contributed by atoms with Crippen molar-refractivity contribution in [2.24, 2.45) is 5.84 Å². The summed E-state index contributed by atoms with van der Waals surface area (Å²) in [5.41, 5.74) is 5.49. The maximum absolute atomic E-state index is 12.5. The van der Waals surface area contributed by atoms with Crippen molar-refractivity contribution in [1.82, 2.24) is 4.98 Å². The minimum atomic E-state index is -0.122. The Morgan fingerprint density at radius 2 is 1.95 bits per heavy atom. The monoisotopic (exact) mass is 256 g/mol. The van der Waals surface area contributed by atoms with Crippen molar-refractivity contribution >= 4 is 17.3 Å². The maximum Gasteiger partial charge on any atom is 0.260 e. The standard InChI is InChI=1S/C14H16N4O/c1-10-3-4-13(17-15)12(9-10)14(19)18(2)11-5-7-16-8-6-11/h3-9,17H,15H2,1-2H3. The van der Waals surface area contributed by atoms with Gasteiger partial charge in [-0.3, -0.25) is 15.6 Å². The van der Waals surface area contributed by atoms with Gasteiger partial charge in [-0.05, 0) is 31.2 Å². The molecule has 3 N–H and O–H groups in total. The van der Waals surface area contributed by atoms with E-state index in [9.17, 15) is 4.79 Å². The zero-order valence-corrected chi connectivity index (χ0v) is 10.9. The summed E-state index contributed by atoms with van der Waals surface area (Å²) < 4.78 is 0. The minimum absolute atomic E-state index is 0.122. The number of amides is 1. The Kier molecular flexibility index (Phi) is 3.77. The first-order valence-corrected chi connectivity index (χ1v) is 5.89. The molecule has 98 valence electrons. The average molecular weight is 256 g/mol. The molecule has 0 spiro atoms. The molecular weight excluding hydrogens is 240 g/mol. The third-order valence-electron chi connectivity index (χ3n) is 2.92. The minimum Gasteiger partial charge on any atom is -0.323 e. The van der Waals surface area contributed by atoms with Gasteiger partial charge in [-0.15, -0.1) is 0 Å². The highest BCUT2D eigenvalue weighted by atomic mass is 16.2. The molecular formula is C14H16N4O. The molecule has 2 rings (SSSR count). The van der Waals surface area contributed by atoms with E-state index in [1.165, 1.54) is 0 Å². The molecule has 0 saturated heterocycles. The summed E-state index contributed by atoms with van der Waals surface area (Å²) in [5.74, 6) is 5.32. The Balaban J connectivity index is 2.37. The van der Waals surface area contributed by atoms with Crippen molar-refractivity contribution in [3.8, 4) is 0 Å². The molecule has 1 heterocycles. The molecule has 0 aliphatic rings. The van der Waals surface area contributed by atoms with Gasteiger partial charge in [0.15, 0.2) is 0 Å². The van der Waals surface area contributed by atoms with E-state index in [1.54, 1.807) is 42.5 Å². The molecule has 0 bridgehead atoms. The van der Waals surface area contributed by atoms with Crippen molar-refractivity contribution < 1.29 is 4.79 Å². The Labute approximate surface area is 112 Å². The van der Waals surface area contributed by atoms with Gasteiger partial charge in [-0.1, -0.05) is 11.6 Å². The molecule has 0 radical (unpaired) electrons. The normalized spacial score (nSPS) is 10.1. The quantitative estimate of drug-likeness (QED) is 0.650. The number of nitrogens with two attached hydrogens (primary N) is 1. The summed E-state index contributed by atoms with van der Waals surface area (Å²) in [7, 11) is 1.72. The second-order valence-electron chi connectivity index (χ2n) is 4.26. The summed E-state index contributed by atoms with van der Waals surface area (Å²) in [6.45, 7) is 1.93. The zero-order valence-electron chi connectivity index (χ0n) is 10.9. The number of aryl methyl sites for hydroxylation is 1. The van der Waals surface area contributed by atoms with E-state index in [4.69, 9.17) is 5.84 Å². The number of carbonyl (C=O) groups is 1. The number of benzene rings is 1. The van der Waals surface area contributed by atoms with Gasteiger partial charge in [0.1, 0.15) is 0 Å². The molecule has 19 heavy (non-hydrogen) atoms. The summed E-state index contributed by atoms with van der Waals surface area (Å²) in [5, 5.41) is 0. The highest BCUT2D eigenvalue weighted by Crippen LogP contribution is 2.21. The van der Waals surface area contributed by atoms with Crippen LogP contribution in [0.25, 0.3) is 0 Å². The lowest BCUT2D eigenvalue weighted by molar-refractivity contribution is 0.0993. The fraction of sp³-hybridized carbons (Fsp3) is 0.143. The molecule has 1 amide bonds. The van der Waals surface area contributed by atoms with Crippen LogP contribution in [0, 0.1) is 6.92 Å². The maximum atomic E-state index is 12.5. The first-order valence-electron chi connectivity index (χ1n) is 5.89. The molecule has 2 aromatic rings. The van der Waals surface area contributed by atoms with Gasteiger partial charge < -0.3 is 10.3 Å². The molecule has 0 fully saturated rings. The Morgan fingerprint density at radius 1 is 1.26 bits per heavy atom. The number of hydrazine groups is 1. The summed E-state index contributed by atoms with van der Waals surface area (Å²) >= 11 is 0. The predicted octanol–water partition coefficient (Wildman–Crippen LogP) is 1.95. The largest absolute Gasteiger partial charge is 0.323 e. The number of anilines is 2. The third kappa shape index (κ3) is 2.71. The highest BCUT2D eigenvalue weighted by molar-refractivity contribution is 6.09. The molecule has 1 aromatic heterocycles. The van der Waals surface area contributed by atoms with Crippen molar-refractivity contribution in [3.63, 3.8) is 0 Å². The molecule has 5 nitrogen and oxygen atoms in total. The van der Waals surface area contributed by atoms with Crippen LogP contribution in [-0.4, -0.2) is 17.9 Å². The van der Waals surface area contributed by atoms with Crippen LogP contribution in [-0.2, 0) is 0 Å². The smallest absolute Gasteiger partial charge is 0.260 e. The van der Waals surface area contributed by atoms with Crippen LogP contribution in [0.5, 0.6) is 0 Å². The highest BCUT2D eigenvalue weighted by Gasteiger charge is 2.17. The Hall–Kier alpha value is -2.40. The lowest BCUT2D eigenvalue weighted by Crippen LogP contribution is -2.27. The van der Waals surface area contributed by atoms with E-state index >= 15 is 0 Å². The number of nitrogen functional groups attached to an aromatic ring is 1. The van der Waals surface area contributed by atoms with Gasteiger partial charge in [0.2, 0.25) is 0 Å². The van der Waals surface area contributed by atoms with E-state index in [0.717, 1.165) is 11.3 Å². The first kappa shape index (κ1) is 13.0. The molecule has 0 aliphatic carbocycles. The molecule has 0 unspecified atom stereocenters. The SMILES string of the molecule is Cc1ccc(NN)c(C(=O)N(C)c2ccncc2)c1. The van der Waals surface area contributed by atoms with Crippen LogP contribution in [0.3, 0.4) is 0 Å². The van der Waals surface area contributed by atoms with Gasteiger partial charge >= 0.3 is 0 Å². The lowest BCUT2D eigenvalue weighted by Gasteiger charge is -2.19. The number of nitrogens with one attached hydrogen (secondary N) is 1. The third-order valence-corrected chi connectivity index (χ3v) is 2.92. The Morgan fingerprint density at radius 3 is 2.58 bits per heavy atom. The van der Waals surface area contributed by atoms with Crippen molar-refractivity contribution in [3.05, 3.63) is 53.9 Å². The van der Waals surface area contributed by atoms with E-state index in [1.807, 2.05) is 19.1 Å². The van der Waals surface area contributed by atoms with E-state index in [0.29, 0.717) is 11.3 Å². The topological polar surface area (TPSA) is 71.2 Å². The van der Waals surface area contributed by atoms with E-state index in [-0.39, 0.29) is 5.91 Å². The second-order valence-corrected chi connectivity index (χ2v) is 4.26. The van der Waals surface area contributed by atoms with Gasteiger partial charge in [0, 0.05) is 25.1 Å². The fourth-order valence-corrected chi connectivity index (χ4v) is 1.83. The van der Waals surface area contributed by atoms with Crippen LogP contribution in [0.15, 0.2) is 42.7 Å². The van der Waals surface area contributed by atoms with Gasteiger partial charge in [-0.2, -0.15) is 0 Å². The van der Waals surface area contributed by atoms with Crippen LogP contribution < -0.4 is 16.2 Å². The van der Waals surface area contributed by atoms with Gasteiger partial charge in [-0.25, -0.2) is 0 Å². The van der Waals surface area contributed by atoms with Crippen LogP contribution in [0.1, 0.15) is 15.9 Å². The number of hydrogen-bond acceptors (Lipinski definition) is 4. The number of aromatic nitrogens is 1. The summed E-state index contributed by atoms with van der Waals surface area (Å²) in [4.78, 5) is 18.0. The van der Waals surface area contributed by atoms with Crippen LogP contribution in [0.2, 0.25) is 0 Å².